The average Bonchev–Trinajstić information content (AvgIpc) is 2.57. The minimum absolute atomic E-state index is 0.0586. The first-order valence-electron chi connectivity index (χ1n) is 7.87. The molecule has 2 N–H and O–H groups in total. The number of rotatable bonds is 7. The van der Waals surface area contributed by atoms with E-state index in [9.17, 15) is 9.59 Å². The van der Waals surface area contributed by atoms with Crippen LogP contribution in [0.15, 0.2) is 18.2 Å². The molecule has 0 atom stereocenters. The Labute approximate surface area is 146 Å². The number of alkyl halides is 1. The van der Waals surface area contributed by atoms with E-state index in [0.717, 1.165) is 16.9 Å². The summed E-state index contributed by atoms with van der Waals surface area (Å²) in [7, 11) is 0. The lowest BCUT2D eigenvalue weighted by molar-refractivity contribution is -0.121. The van der Waals surface area contributed by atoms with E-state index in [1.165, 1.54) is 0 Å². The maximum Gasteiger partial charge on any atom is 0.251 e. The highest BCUT2D eigenvalue weighted by Gasteiger charge is 2.08. The van der Waals surface area contributed by atoms with E-state index in [1.54, 1.807) is 18.2 Å². The topological polar surface area (TPSA) is 84.0 Å². The number of nitrogens with one attached hydrogen (secondary N) is 2. The van der Waals surface area contributed by atoms with Crippen molar-refractivity contribution in [2.24, 2.45) is 0 Å². The molecule has 1 aromatic carbocycles. The molecule has 6 nitrogen and oxygen atoms in total. The Bertz CT molecular complexity index is 749. The molecule has 1 aromatic heterocycles. The summed E-state index contributed by atoms with van der Waals surface area (Å²) >= 11 is 5.53. The highest BCUT2D eigenvalue weighted by molar-refractivity contribution is 6.17. The number of hydrogen-bond donors (Lipinski definition) is 2. The largest absolute Gasteiger partial charge is 0.354 e. The van der Waals surface area contributed by atoms with Crippen molar-refractivity contribution in [1.82, 2.24) is 20.6 Å². The molecular formula is C17H21ClN4O2. The summed E-state index contributed by atoms with van der Waals surface area (Å²) in [5.41, 5.74) is 3.71. The summed E-state index contributed by atoms with van der Waals surface area (Å²) in [5.74, 6) is 0.206. The fourth-order valence-electron chi connectivity index (χ4n) is 2.17. The number of carbonyl (C=O) groups excluding carboxylic acids is 2. The van der Waals surface area contributed by atoms with Gasteiger partial charge in [-0.1, -0.05) is 0 Å². The Hall–Kier alpha value is -2.21. The standard InChI is InChI=1S/C17H21ClN4O2/c1-11-12(2)22-15-10-13(5-6-14(15)21-11)17(24)20-9-8-19-16(23)4-3-7-18/h5-6,10H,3-4,7-9H2,1-2H3,(H,19,23)(H,20,24). The van der Waals surface area contributed by atoms with E-state index in [4.69, 9.17) is 11.6 Å². The number of nitrogens with zero attached hydrogens (tertiary/aromatic N) is 2. The normalized spacial score (nSPS) is 10.6. The summed E-state index contributed by atoms with van der Waals surface area (Å²) in [6.45, 7) is 4.55. The van der Waals surface area contributed by atoms with Crippen LogP contribution >= 0.6 is 11.6 Å². The van der Waals surface area contributed by atoms with Crippen LogP contribution in [0.3, 0.4) is 0 Å². The summed E-state index contributed by atoms with van der Waals surface area (Å²) < 4.78 is 0. The van der Waals surface area contributed by atoms with Crippen molar-refractivity contribution in [2.45, 2.75) is 26.7 Å². The SMILES string of the molecule is Cc1nc2ccc(C(=O)NCCNC(=O)CCCCl)cc2nc1C. The lowest BCUT2D eigenvalue weighted by Crippen LogP contribution is -2.34. The fourth-order valence-corrected chi connectivity index (χ4v) is 2.30. The number of carbonyl (C=O) groups is 2. The van der Waals surface area contributed by atoms with Gasteiger partial charge in [0.15, 0.2) is 0 Å². The number of hydrogen-bond acceptors (Lipinski definition) is 4. The lowest BCUT2D eigenvalue weighted by atomic mass is 10.1. The Morgan fingerprint density at radius 3 is 2.42 bits per heavy atom. The molecule has 128 valence electrons. The Balaban J connectivity index is 1.89. The third-order valence-electron chi connectivity index (χ3n) is 3.61. The lowest BCUT2D eigenvalue weighted by Gasteiger charge is -2.08. The molecule has 0 aliphatic carbocycles. The maximum atomic E-state index is 12.2. The van der Waals surface area contributed by atoms with Crippen molar-refractivity contribution in [3.63, 3.8) is 0 Å². The summed E-state index contributed by atoms with van der Waals surface area (Å²) in [5, 5.41) is 5.51. The van der Waals surface area contributed by atoms with Crippen molar-refractivity contribution in [1.29, 1.82) is 0 Å². The molecule has 0 saturated carbocycles. The van der Waals surface area contributed by atoms with E-state index in [1.807, 2.05) is 13.8 Å². The highest BCUT2D eigenvalue weighted by atomic mass is 35.5. The van der Waals surface area contributed by atoms with Crippen LogP contribution in [-0.4, -0.2) is 40.8 Å². The molecule has 0 fully saturated rings. The Morgan fingerprint density at radius 1 is 1.04 bits per heavy atom. The molecule has 24 heavy (non-hydrogen) atoms. The molecule has 0 bridgehead atoms. The zero-order valence-corrected chi connectivity index (χ0v) is 14.6. The quantitative estimate of drug-likeness (QED) is 0.593. The molecule has 7 heteroatoms. The van der Waals surface area contributed by atoms with Gasteiger partial charge in [-0.25, -0.2) is 9.97 Å². The summed E-state index contributed by atoms with van der Waals surface area (Å²) in [6, 6.07) is 5.24. The second-order valence-corrected chi connectivity index (χ2v) is 5.87. The van der Waals surface area contributed by atoms with Crippen molar-refractivity contribution in [3.8, 4) is 0 Å². The average molecular weight is 349 g/mol. The van der Waals surface area contributed by atoms with Crippen molar-refractivity contribution >= 4 is 34.4 Å². The van der Waals surface area contributed by atoms with Gasteiger partial charge in [0.1, 0.15) is 0 Å². The zero-order valence-electron chi connectivity index (χ0n) is 13.9. The van der Waals surface area contributed by atoms with Gasteiger partial charge < -0.3 is 10.6 Å². The molecule has 0 aliphatic heterocycles. The maximum absolute atomic E-state index is 12.2. The van der Waals surface area contributed by atoms with Crippen molar-refractivity contribution in [3.05, 3.63) is 35.2 Å². The highest BCUT2D eigenvalue weighted by Crippen LogP contribution is 2.14. The van der Waals surface area contributed by atoms with Gasteiger partial charge in [-0.2, -0.15) is 0 Å². The van der Waals surface area contributed by atoms with Gasteiger partial charge in [-0.05, 0) is 38.5 Å². The van der Waals surface area contributed by atoms with Gasteiger partial charge in [-0.15, -0.1) is 11.6 Å². The Morgan fingerprint density at radius 2 is 1.71 bits per heavy atom. The van der Waals surface area contributed by atoms with Crippen LogP contribution in [0, 0.1) is 13.8 Å². The van der Waals surface area contributed by atoms with E-state index in [2.05, 4.69) is 20.6 Å². The smallest absolute Gasteiger partial charge is 0.251 e. The van der Waals surface area contributed by atoms with E-state index in [-0.39, 0.29) is 11.8 Å². The van der Waals surface area contributed by atoms with Crippen molar-refractivity contribution in [2.75, 3.05) is 19.0 Å². The molecule has 2 amide bonds. The van der Waals surface area contributed by atoms with Crippen LogP contribution in [0.2, 0.25) is 0 Å². The van der Waals surface area contributed by atoms with Gasteiger partial charge in [0, 0.05) is 31.0 Å². The van der Waals surface area contributed by atoms with E-state index in [0.29, 0.717) is 42.9 Å². The molecule has 1 heterocycles. The third kappa shape index (κ3) is 4.89. The minimum Gasteiger partial charge on any atom is -0.354 e. The number of halogens is 1. The van der Waals surface area contributed by atoms with Crippen LogP contribution in [-0.2, 0) is 4.79 Å². The number of amides is 2. The summed E-state index contributed by atoms with van der Waals surface area (Å²) in [6.07, 6.45) is 1.05. The van der Waals surface area contributed by atoms with Crippen LogP contribution in [0.25, 0.3) is 11.0 Å². The van der Waals surface area contributed by atoms with Gasteiger partial charge in [0.2, 0.25) is 5.91 Å². The van der Waals surface area contributed by atoms with Gasteiger partial charge in [-0.3, -0.25) is 9.59 Å². The number of benzene rings is 1. The second kappa shape index (κ2) is 8.59. The molecule has 0 saturated heterocycles. The number of aromatic nitrogens is 2. The molecule has 2 aromatic rings. The third-order valence-corrected chi connectivity index (χ3v) is 3.87. The predicted molar refractivity (Wildman–Crippen MR) is 94.3 cm³/mol. The van der Waals surface area contributed by atoms with Crippen LogP contribution < -0.4 is 10.6 Å². The fraction of sp³-hybridized carbons (Fsp3) is 0.412. The first-order chi connectivity index (χ1) is 11.5. The Kier molecular flexibility index (Phi) is 6.49. The zero-order chi connectivity index (χ0) is 17.5. The van der Waals surface area contributed by atoms with E-state index >= 15 is 0 Å². The van der Waals surface area contributed by atoms with Gasteiger partial charge in [0.05, 0.1) is 22.4 Å². The summed E-state index contributed by atoms with van der Waals surface area (Å²) in [4.78, 5) is 32.5. The van der Waals surface area contributed by atoms with Crippen LogP contribution in [0.5, 0.6) is 0 Å². The van der Waals surface area contributed by atoms with Crippen LogP contribution in [0.4, 0.5) is 0 Å². The first kappa shape index (κ1) is 18.1. The molecule has 2 rings (SSSR count). The molecule has 0 radical (unpaired) electrons. The number of fused-ring (bicyclic) bond motifs is 1. The molecule has 0 unspecified atom stereocenters. The molecular weight excluding hydrogens is 328 g/mol. The van der Waals surface area contributed by atoms with Crippen LogP contribution in [0.1, 0.15) is 34.6 Å². The van der Waals surface area contributed by atoms with E-state index < -0.39 is 0 Å². The van der Waals surface area contributed by atoms with Gasteiger partial charge in [0.25, 0.3) is 5.91 Å². The monoisotopic (exact) mass is 348 g/mol. The minimum atomic E-state index is -0.202. The predicted octanol–water partition coefficient (Wildman–Crippen LogP) is 2.11. The second-order valence-electron chi connectivity index (χ2n) is 5.50. The number of aryl methyl sites for hydroxylation is 2. The van der Waals surface area contributed by atoms with Gasteiger partial charge >= 0.3 is 0 Å². The molecule has 0 spiro atoms. The van der Waals surface area contributed by atoms with Crippen molar-refractivity contribution < 1.29 is 9.59 Å². The first-order valence-corrected chi connectivity index (χ1v) is 8.40. The molecule has 0 aliphatic rings.